The van der Waals surface area contributed by atoms with E-state index in [2.05, 4.69) is 41.8 Å². The highest BCUT2D eigenvalue weighted by molar-refractivity contribution is 14.1. The van der Waals surface area contributed by atoms with E-state index in [1.165, 1.54) is 0 Å². The Labute approximate surface area is 214 Å². The average molecular weight is 586 g/mol. The van der Waals surface area contributed by atoms with Gasteiger partial charge >= 0.3 is 0 Å². The number of aliphatic hydroxyl groups is 2. The quantitative estimate of drug-likeness (QED) is 0.363. The Balaban J connectivity index is 1.92. The van der Waals surface area contributed by atoms with Crippen molar-refractivity contribution in [1.82, 2.24) is 10.2 Å². The lowest BCUT2D eigenvalue weighted by Crippen LogP contribution is -2.56. The van der Waals surface area contributed by atoms with Gasteiger partial charge in [0.15, 0.2) is 0 Å². The lowest BCUT2D eigenvalue weighted by atomic mass is 9.87. The van der Waals surface area contributed by atoms with Crippen LogP contribution in [0.25, 0.3) is 0 Å². The Morgan fingerprint density at radius 3 is 2.74 bits per heavy atom. The highest BCUT2D eigenvalue weighted by Gasteiger charge is 2.42. The number of carbonyl (C=O) groups is 2. The van der Waals surface area contributed by atoms with E-state index >= 15 is 0 Å². The van der Waals surface area contributed by atoms with E-state index < -0.39 is 18.2 Å². The number of rotatable bonds is 10. The summed E-state index contributed by atoms with van der Waals surface area (Å²) in [6.45, 7) is 5.55. The van der Waals surface area contributed by atoms with Gasteiger partial charge in [-0.05, 0) is 59.6 Å². The fourth-order valence-electron chi connectivity index (χ4n) is 4.27. The molecule has 4 atom stereocenters. The summed E-state index contributed by atoms with van der Waals surface area (Å²) in [5, 5.41) is 23.2. The van der Waals surface area contributed by atoms with Gasteiger partial charge < -0.3 is 29.9 Å². The lowest BCUT2D eigenvalue weighted by molar-refractivity contribution is -0.143. The number of ether oxygens (including phenoxy) is 2. The zero-order valence-electron chi connectivity index (χ0n) is 19.8. The second kappa shape index (κ2) is 12.9. The molecule has 3 N–H and O–H groups in total. The second-order valence-electron chi connectivity index (χ2n) is 9.22. The zero-order chi connectivity index (χ0) is 24.7. The van der Waals surface area contributed by atoms with Crippen molar-refractivity contribution in [2.45, 2.75) is 51.4 Å². The van der Waals surface area contributed by atoms with Gasteiger partial charge in [-0.2, -0.15) is 0 Å². The van der Waals surface area contributed by atoms with E-state index in [9.17, 15) is 14.7 Å². The van der Waals surface area contributed by atoms with Crippen LogP contribution in [0.1, 0.15) is 33.1 Å². The normalized spacial score (nSPS) is 24.6. The minimum absolute atomic E-state index is 0.0488. The van der Waals surface area contributed by atoms with Crippen molar-refractivity contribution in [3.63, 3.8) is 0 Å². The number of benzene rings is 1. The highest BCUT2D eigenvalue weighted by atomic mass is 127. The van der Waals surface area contributed by atoms with Crippen LogP contribution in [-0.4, -0.2) is 78.1 Å². The van der Waals surface area contributed by atoms with Crippen molar-refractivity contribution >= 4 is 34.4 Å². The summed E-state index contributed by atoms with van der Waals surface area (Å²) in [6, 6.07) is 6.85. The molecule has 1 fully saturated rings. The average Bonchev–Trinajstić information content (AvgIpc) is 3.35. The van der Waals surface area contributed by atoms with Crippen LogP contribution in [0.5, 0.6) is 5.75 Å². The van der Waals surface area contributed by atoms with Crippen LogP contribution < -0.4 is 10.1 Å². The summed E-state index contributed by atoms with van der Waals surface area (Å²) >= 11 is 2.16. The van der Waals surface area contributed by atoms with Crippen molar-refractivity contribution < 1.29 is 29.3 Å². The number of hydrogen-bond acceptors (Lipinski definition) is 6. The molecule has 0 spiro atoms. The first-order valence-electron chi connectivity index (χ1n) is 11.9. The number of nitrogens with zero attached hydrogens (tertiary/aromatic N) is 1. The van der Waals surface area contributed by atoms with Crippen LogP contribution in [-0.2, 0) is 14.3 Å². The number of carbonyl (C=O) groups excluding carboxylic acids is 2. The molecule has 9 heteroatoms. The van der Waals surface area contributed by atoms with Gasteiger partial charge in [-0.15, -0.1) is 0 Å². The van der Waals surface area contributed by atoms with Crippen molar-refractivity contribution in [3.05, 3.63) is 39.5 Å². The summed E-state index contributed by atoms with van der Waals surface area (Å²) in [5.41, 5.74) is 0.435. The van der Waals surface area contributed by atoms with Gasteiger partial charge in [0.05, 0.1) is 28.7 Å². The van der Waals surface area contributed by atoms with Crippen LogP contribution in [0.4, 0.5) is 0 Å². The van der Waals surface area contributed by atoms with Gasteiger partial charge in [-0.1, -0.05) is 26.0 Å². The molecule has 188 valence electrons. The maximum Gasteiger partial charge on any atom is 0.247 e. The van der Waals surface area contributed by atoms with E-state index in [0.717, 1.165) is 9.99 Å². The molecule has 1 aliphatic carbocycles. The summed E-state index contributed by atoms with van der Waals surface area (Å²) in [6.07, 6.45) is 1.47. The number of hydrogen-bond donors (Lipinski definition) is 3. The number of para-hydroxylation sites is 1. The number of nitrogens with one attached hydrogen (secondary N) is 1. The number of amides is 2. The third-order valence-corrected chi connectivity index (χ3v) is 7.11. The first-order valence-corrected chi connectivity index (χ1v) is 13.0. The summed E-state index contributed by atoms with van der Waals surface area (Å²) in [7, 11) is 0. The highest BCUT2D eigenvalue weighted by Crippen LogP contribution is 2.31. The Kier molecular flexibility index (Phi) is 10.2. The predicted molar refractivity (Wildman–Crippen MR) is 136 cm³/mol. The molecule has 0 saturated carbocycles. The van der Waals surface area contributed by atoms with E-state index in [4.69, 9.17) is 14.6 Å². The van der Waals surface area contributed by atoms with Crippen molar-refractivity contribution in [2.75, 3.05) is 32.9 Å². The molecule has 8 nitrogen and oxygen atoms in total. The first kappa shape index (κ1) is 26.9. The minimum atomic E-state index is -1.01. The Bertz CT molecular complexity index is 871. The van der Waals surface area contributed by atoms with E-state index in [-0.39, 0.29) is 37.3 Å². The first-order chi connectivity index (χ1) is 16.3. The molecule has 1 aromatic carbocycles. The minimum Gasteiger partial charge on any atom is -0.482 e. The van der Waals surface area contributed by atoms with Gasteiger partial charge in [0, 0.05) is 31.7 Å². The van der Waals surface area contributed by atoms with Crippen LogP contribution in [0, 0.1) is 15.4 Å². The van der Waals surface area contributed by atoms with Crippen molar-refractivity contribution in [2.24, 2.45) is 11.8 Å². The summed E-state index contributed by atoms with van der Waals surface area (Å²) in [4.78, 5) is 28.1. The van der Waals surface area contributed by atoms with Gasteiger partial charge in [-0.25, -0.2) is 0 Å². The largest absolute Gasteiger partial charge is 0.482 e. The molecule has 1 aromatic rings. The Morgan fingerprint density at radius 2 is 2.09 bits per heavy atom. The fourth-order valence-corrected chi connectivity index (χ4v) is 4.78. The summed E-state index contributed by atoms with van der Waals surface area (Å²) < 4.78 is 12.5. The lowest BCUT2D eigenvalue weighted by Gasteiger charge is -2.41. The maximum absolute atomic E-state index is 13.5. The van der Waals surface area contributed by atoms with Crippen LogP contribution >= 0.6 is 22.6 Å². The fraction of sp³-hybridized carbons (Fsp3) is 0.600. The third kappa shape index (κ3) is 6.93. The Hall–Kier alpha value is -1.69. The molecular formula is C25H35IN2O6. The van der Waals surface area contributed by atoms with Gasteiger partial charge in [0.25, 0.3) is 0 Å². The Morgan fingerprint density at radius 1 is 1.32 bits per heavy atom. The van der Waals surface area contributed by atoms with Crippen molar-refractivity contribution in [3.8, 4) is 5.75 Å². The standard InChI is InChI=1S/C25H35IN2O6/c1-16(2)7-10-28(25(32)17-8-12-33-15-17)20-13-18(24(31)27-9-11-29)14-22(23(20)30)34-21-6-4-3-5-19(21)26/h3-6,14,16-17,20,22-23,29-30H,7-13,15H2,1-2H3,(H,27,31). The molecule has 0 radical (unpaired) electrons. The van der Waals surface area contributed by atoms with Crippen LogP contribution in [0.2, 0.25) is 0 Å². The SMILES string of the molecule is CC(C)CCN(C(=O)C1CCOC1)C1CC(C(=O)NCCO)=CC(Oc2ccccc2I)C1O. The van der Waals surface area contributed by atoms with Gasteiger partial charge in [0.2, 0.25) is 11.8 Å². The topological polar surface area (TPSA) is 108 Å². The number of halogens is 1. The smallest absolute Gasteiger partial charge is 0.247 e. The molecule has 0 bridgehead atoms. The molecule has 4 unspecified atom stereocenters. The van der Waals surface area contributed by atoms with Crippen LogP contribution in [0.15, 0.2) is 35.9 Å². The molecule has 2 amide bonds. The molecule has 1 aliphatic heterocycles. The molecule has 34 heavy (non-hydrogen) atoms. The molecule has 1 heterocycles. The zero-order valence-corrected chi connectivity index (χ0v) is 21.9. The predicted octanol–water partition coefficient (Wildman–Crippen LogP) is 2.12. The molecule has 2 aliphatic rings. The third-order valence-electron chi connectivity index (χ3n) is 6.22. The second-order valence-corrected chi connectivity index (χ2v) is 10.4. The monoisotopic (exact) mass is 586 g/mol. The van der Waals surface area contributed by atoms with E-state index in [1.54, 1.807) is 11.0 Å². The molecule has 0 aromatic heterocycles. The number of aliphatic hydroxyl groups excluding tert-OH is 2. The van der Waals surface area contributed by atoms with E-state index in [0.29, 0.717) is 43.4 Å². The van der Waals surface area contributed by atoms with Gasteiger partial charge in [-0.3, -0.25) is 9.59 Å². The molecular weight excluding hydrogens is 551 g/mol. The van der Waals surface area contributed by atoms with E-state index in [1.807, 2.05) is 24.3 Å². The van der Waals surface area contributed by atoms with Crippen LogP contribution in [0.3, 0.4) is 0 Å². The van der Waals surface area contributed by atoms with Gasteiger partial charge in [0.1, 0.15) is 18.0 Å². The maximum atomic E-state index is 13.5. The molecule has 3 rings (SSSR count). The molecule has 1 saturated heterocycles. The summed E-state index contributed by atoms with van der Waals surface area (Å²) in [5.74, 6) is 0.349. The van der Waals surface area contributed by atoms with Crippen molar-refractivity contribution in [1.29, 1.82) is 0 Å².